The van der Waals surface area contributed by atoms with Crippen LogP contribution >= 0.6 is 12.4 Å². The molecule has 1 unspecified atom stereocenters. The van der Waals surface area contributed by atoms with Crippen LogP contribution in [0.15, 0.2) is 0 Å². The molecule has 19 heavy (non-hydrogen) atoms. The highest BCUT2D eigenvalue weighted by atomic mass is 35.5. The summed E-state index contributed by atoms with van der Waals surface area (Å²) >= 11 is 0. The molecule has 0 aromatic rings. The van der Waals surface area contributed by atoms with Gasteiger partial charge in [0.1, 0.15) is 6.54 Å². The fraction of sp³-hybridized carbons (Fsp3) is 0.909. The standard InChI is InChI=1S/C11H18F3N3O.ClH/c1-8-6-15-3-5-17(8)9-2-4-16(10(9)18)7-11(12,13)14;/h8-9,15H,2-7H2,1H3;1H/t8-,9?;/m1./s1. The number of likely N-dealkylation sites (tertiary alicyclic amines) is 1. The predicted octanol–water partition coefficient (Wildman–Crippen LogP) is 0.865. The molecular formula is C11H19ClF3N3O. The minimum atomic E-state index is -4.31. The third kappa shape index (κ3) is 3.97. The highest BCUT2D eigenvalue weighted by molar-refractivity contribution is 5.85. The van der Waals surface area contributed by atoms with E-state index in [9.17, 15) is 18.0 Å². The summed E-state index contributed by atoms with van der Waals surface area (Å²) in [7, 11) is 0. The summed E-state index contributed by atoms with van der Waals surface area (Å²) in [5.74, 6) is -0.374. The number of hydrogen-bond acceptors (Lipinski definition) is 3. The van der Waals surface area contributed by atoms with Crippen molar-refractivity contribution in [2.75, 3.05) is 32.7 Å². The van der Waals surface area contributed by atoms with Gasteiger partial charge >= 0.3 is 6.18 Å². The highest BCUT2D eigenvalue weighted by Gasteiger charge is 2.42. The quantitative estimate of drug-likeness (QED) is 0.822. The molecule has 0 aromatic carbocycles. The topological polar surface area (TPSA) is 35.6 Å². The molecule has 1 N–H and O–H groups in total. The van der Waals surface area contributed by atoms with Crippen LogP contribution in [0.1, 0.15) is 13.3 Å². The van der Waals surface area contributed by atoms with E-state index in [1.54, 1.807) is 0 Å². The zero-order valence-corrected chi connectivity index (χ0v) is 11.6. The normalized spacial score (nSPS) is 29.5. The van der Waals surface area contributed by atoms with Gasteiger partial charge in [-0.3, -0.25) is 9.69 Å². The Bertz CT molecular complexity index is 327. The van der Waals surface area contributed by atoms with E-state index in [1.165, 1.54) is 0 Å². The maximum atomic E-state index is 12.3. The Morgan fingerprint density at radius 1 is 1.37 bits per heavy atom. The SMILES string of the molecule is C[C@@H]1CNCCN1C1CCN(CC(F)(F)F)C1=O.Cl. The van der Waals surface area contributed by atoms with Crippen LogP contribution in [0.2, 0.25) is 0 Å². The second-order valence-electron chi connectivity index (χ2n) is 4.97. The van der Waals surface area contributed by atoms with Gasteiger partial charge in [0.15, 0.2) is 0 Å². The highest BCUT2D eigenvalue weighted by Crippen LogP contribution is 2.24. The summed E-state index contributed by atoms with van der Waals surface area (Å²) in [4.78, 5) is 14.9. The molecule has 0 saturated carbocycles. The number of rotatable bonds is 2. The monoisotopic (exact) mass is 301 g/mol. The summed E-state index contributed by atoms with van der Waals surface area (Å²) in [6, 6.07) is -0.178. The van der Waals surface area contributed by atoms with E-state index in [4.69, 9.17) is 0 Å². The molecule has 0 spiro atoms. The summed E-state index contributed by atoms with van der Waals surface area (Å²) in [6.07, 6.45) is -3.81. The second kappa shape index (κ2) is 6.28. The van der Waals surface area contributed by atoms with Crippen LogP contribution in [0.25, 0.3) is 0 Å². The fourth-order valence-corrected chi connectivity index (χ4v) is 2.72. The first kappa shape index (κ1) is 16.5. The van der Waals surface area contributed by atoms with Crippen molar-refractivity contribution in [3.8, 4) is 0 Å². The van der Waals surface area contributed by atoms with E-state index in [1.807, 2.05) is 11.8 Å². The molecule has 4 nitrogen and oxygen atoms in total. The van der Waals surface area contributed by atoms with E-state index in [-0.39, 0.29) is 36.9 Å². The van der Waals surface area contributed by atoms with Crippen molar-refractivity contribution in [1.82, 2.24) is 15.1 Å². The van der Waals surface area contributed by atoms with Gasteiger partial charge in [0.05, 0.1) is 6.04 Å². The zero-order chi connectivity index (χ0) is 13.3. The van der Waals surface area contributed by atoms with Gasteiger partial charge in [-0.2, -0.15) is 13.2 Å². The van der Waals surface area contributed by atoms with E-state index in [0.29, 0.717) is 6.42 Å². The van der Waals surface area contributed by atoms with Gasteiger partial charge in [0.25, 0.3) is 0 Å². The van der Waals surface area contributed by atoms with Crippen molar-refractivity contribution in [2.24, 2.45) is 0 Å². The smallest absolute Gasteiger partial charge is 0.332 e. The second-order valence-corrected chi connectivity index (χ2v) is 4.97. The lowest BCUT2D eigenvalue weighted by atomic mass is 10.1. The molecule has 1 amide bonds. The van der Waals surface area contributed by atoms with Crippen molar-refractivity contribution < 1.29 is 18.0 Å². The first-order valence-electron chi connectivity index (χ1n) is 6.20. The number of carbonyl (C=O) groups is 1. The van der Waals surface area contributed by atoms with Crippen molar-refractivity contribution >= 4 is 18.3 Å². The Morgan fingerprint density at radius 3 is 2.63 bits per heavy atom. The predicted molar refractivity (Wildman–Crippen MR) is 67.3 cm³/mol. The molecule has 0 radical (unpaired) electrons. The molecule has 2 atom stereocenters. The summed E-state index contributed by atoms with van der Waals surface area (Å²) in [5, 5.41) is 3.21. The molecule has 2 saturated heterocycles. The van der Waals surface area contributed by atoms with Crippen LogP contribution in [-0.2, 0) is 4.79 Å². The first-order chi connectivity index (χ1) is 8.38. The Morgan fingerprint density at radius 2 is 2.05 bits per heavy atom. The van der Waals surface area contributed by atoms with Crippen molar-refractivity contribution in [3.05, 3.63) is 0 Å². The van der Waals surface area contributed by atoms with Crippen LogP contribution in [0, 0.1) is 0 Å². The van der Waals surface area contributed by atoms with Crippen molar-refractivity contribution in [1.29, 1.82) is 0 Å². The van der Waals surface area contributed by atoms with Crippen molar-refractivity contribution in [2.45, 2.75) is 31.6 Å². The van der Waals surface area contributed by atoms with E-state index < -0.39 is 12.7 Å². The molecular weight excluding hydrogens is 283 g/mol. The lowest BCUT2D eigenvalue weighted by molar-refractivity contribution is -0.159. The average molecular weight is 302 g/mol. The molecule has 2 heterocycles. The number of piperazine rings is 1. The molecule has 2 aliphatic rings. The molecule has 112 valence electrons. The van der Waals surface area contributed by atoms with Crippen LogP contribution < -0.4 is 5.32 Å². The third-order valence-electron chi connectivity index (χ3n) is 3.59. The van der Waals surface area contributed by atoms with Gasteiger partial charge in [-0.25, -0.2) is 0 Å². The maximum absolute atomic E-state index is 12.3. The van der Waals surface area contributed by atoms with E-state index in [0.717, 1.165) is 24.5 Å². The van der Waals surface area contributed by atoms with Crippen LogP contribution in [0.3, 0.4) is 0 Å². The van der Waals surface area contributed by atoms with Gasteiger partial charge in [-0.05, 0) is 13.3 Å². The average Bonchev–Trinajstić information content (AvgIpc) is 2.59. The minimum Gasteiger partial charge on any atom is -0.332 e. The molecule has 0 aliphatic carbocycles. The van der Waals surface area contributed by atoms with Gasteiger partial charge < -0.3 is 10.2 Å². The summed E-state index contributed by atoms with van der Waals surface area (Å²) in [5.41, 5.74) is 0. The number of carbonyl (C=O) groups excluding carboxylic acids is 1. The van der Waals surface area contributed by atoms with E-state index in [2.05, 4.69) is 5.32 Å². The Labute approximate surface area is 116 Å². The number of hydrogen-bond donors (Lipinski definition) is 1. The molecule has 2 rings (SSSR count). The van der Waals surface area contributed by atoms with Crippen LogP contribution in [0.4, 0.5) is 13.2 Å². The van der Waals surface area contributed by atoms with Gasteiger partial charge in [-0.1, -0.05) is 0 Å². The number of nitrogens with one attached hydrogen (secondary N) is 1. The van der Waals surface area contributed by atoms with Crippen molar-refractivity contribution in [3.63, 3.8) is 0 Å². The van der Waals surface area contributed by atoms with Gasteiger partial charge in [0.2, 0.25) is 5.91 Å². The Hall–Kier alpha value is -0.530. The largest absolute Gasteiger partial charge is 0.406 e. The number of nitrogens with zero attached hydrogens (tertiary/aromatic N) is 2. The van der Waals surface area contributed by atoms with Crippen LogP contribution in [0.5, 0.6) is 0 Å². The number of halogens is 4. The Kier molecular flexibility index (Phi) is 5.46. The molecule has 2 fully saturated rings. The molecule has 2 aliphatic heterocycles. The lowest BCUT2D eigenvalue weighted by Crippen LogP contribution is -2.56. The first-order valence-corrected chi connectivity index (χ1v) is 6.20. The van der Waals surface area contributed by atoms with E-state index >= 15 is 0 Å². The lowest BCUT2D eigenvalue weighted by Gasteiger charge is -2.37. The summed E-state index contributed by atoms with van der Waals surface area (Å²) < 4.78 is 36.9. The van der Waals surface area contributed by atoms with Crippen LogP contribution in [-0.4, -0.2) is 66.7 Å². The number of amides is 1. The maximum Gasteiger partial charge on any atom is 0.406 e. The third-order valence-corrected chi connectivity index (χ3v) is 3.59. The minimum absolute atomic E-state index is 0. The summed E-state index contributed by atoms with van der Waals surface area (Å²) in [6.45, 7) is 3.36. The molecule has 0 bridgehead atoms. The zero-order valence-electron chi connectivity index (χ0n) is 10.7. The Balaban J connectivity index is 0.00000180. The van der Waals surface area contributed by atoms with Gasteiger partial charge in [0, 0.05) is 32.2 Å². The fourth-order valence-electron chi connectivity index (χ4n) is 2.72. The number of alkyl halides is 3. The molecule has 0 aromatic heterocycles. The van der Waals surface area contributed by atoms with Gasteiger partial charge in [-0.15, -0.1) is 12.4 Å². The molecule has 8 heteroatoms.